The number of methoxy groups -OCH3 is 1. The lowest BCUT2D eigenvalue weighted by Gasteiger charge is -2.10. The first kappa shape index (κ1) is 13.6. The Labute approximate surface area is 124 Å². The van der Waals surface area contributed by atoms with E-state index in [0.29, 0.717) is 5.88 Å². The largest absolute Gasteiger partial charge is 0.481 e. The zero-order chi connectivity index (χ0) is 14.7. The molecule has 0 fully saturated rings. The number of hydrogen-bond donors (Lipinski definition) is 1. The van der Waals surface area contributed by atoms with Gasteiger partial charge in [0.05, 0.1) is 13.7 Å². The molecule has 1 N–H and O–H groups in total. The molecule has 0 atom stereocenters. The Balaban J connectivity index is 2.00. The lowest BCUT2D eigenvalue weighted by molar-refractivity contribution is 0.391. The molecule has 4 heteroatoms. The lowest BCUT2D eigenvalue weighted by atomic mass is 10.1. The molecule has 0 amide bonds. The zero-order valence-electron chi connectivity index (χ0n) is 12.3. The van der Waals surface area contributed by atoms with Crippen LogP contribution in [0.15, 0.2) is 48.8 Å². The summed E-state index contributed by atoms with van der Waals surface area (Å²) >= 11 is 0. The molecule has 0 saturated carbocycles. The van der Waals surface area contributed by atoms with Gasteiger partial charge in [0.1, 0.15) is 0 Å². The van der Waals surface area contributed by atoms with Gasteiger partial charge in [-0.2, -0.15) is 0 Å². The molecule has 21 heavy (non-hydrogen) atoms. The van der Waals surface area contributed by atoms with Gasteiger partial charge in [-0.15, -0.1) is 0 Å². The van der Waals surface area contributed by atoms with Gasteiger partial charge in [0.15, 0.2) is 0 Å². The number of pyridine rings is 1. The van der Waals surface area contributed by atoms with Crippen LogP contribution in [-0.4, -0.2) is 23.7 Å². The van der Waals surface area contributed by atoms with Crippen molar-refractivity contribution in [3.05, 3.63) is 59.9 Å². The minimum atomic E-state index is 0.686. The highest BCUT2D eigenvalue weighted by atomic mass is 16.5. The van der Waals surface area contributed by atoms with Crippen LogP contribution in [0.1, 0.15) is 11.1 Å². The van der Waals surface area contributed by atoms with Crippen molar-refractivity contribution < 1.29 is 4.74 Å². The molecule has 1 aromatic carbocycles. The van der Waals surface area contributed by atoms with Gasteiger partial charge >= 0.3 is 0 Å². The topological polar surface area (TPSA) is 39.1 Å². The van der Waals surface area contributed by atoms with Crippen LogP contribution in [0.4, 0.5) is 0 Å². The molecule has 0 bridgehead atoms. The van der Waals surface area contributed by atoms with E-state index in [0.717, 1.165) is 18.7 Å². The summed E-state index contributed by atoms with van der Waals surface area (Å²) in [5.41, 5.74) is 3.62. The Morgan fingerprint density at radius 3 is 2.81 bits per heavy atom. The van der Waals surface area contributed by atoms with Gasteiger partial charge in [-0.05, 0) is 30.8 Å². The third-order valence-electron chi connectivity index (χ3n) is 3.66. The molecular formula is C17H19N3O. The Hall–Kier alpha value is -2.33. The smallest absolute Gasteiger partial charge is 0.218 e. The first-order valence-electron chi connectivity index (χ1n) is 7.02. The molecule has 3 aromatic rings. The molecule has 0 radical (unpaired) electrons. The third kappa shape index (κ3) is 2.62. The van der Waals surface area contributed by atoms with E-state index in [-0.39, 0.29) is 0 Å². The van der Waals surface area contributed by atoms with Crippen LogP contribution in [0.25, 0.3) is 10.9 Å². The normalized spacial score (nSPS) is 11.0. The van der Waals surface area contributed by atoms with E-state index in [1.54, 1.807) is 13.3 Å². The van der Waals surface area contributed by atoms with E-state index in [9.17, 15) is 0 Å². The molecular weight excluding hydrogens is 262 g/mol. The average Bonchev–Trinajstić information content (AvgIpc) is 2.92. The molecule has 0 saturated heterocycles. The molecule has 2 heterocycles. The Morgan fingerprint density at radius 2 is 2.00 bits per heavy atom. The Morgan fingerprint density at radius 1 is 1.14 bits per heavy atom. The van der Waals surface area contributed by atoms with Crippen LogP contribution < -0.4 is 10.1 Å². The summed E-state index contributed by atoms with van der Waals surface area (Å²) in [7, 11) is 3.63. The van der Waals surface area contributed by atoms with Crippen molar-refractivity contribution in [2.45, 2.75) is 13.1 Å². The number of nitrogens with one attached hydrogen (secondary N) is 1. The van der Waals surface area contributed by atoms with E-state index < -0.39 is 0 Å². The van der Waals surface area contributed by atoms with Gasteiger partial charge in [-0.1, -0.05) is 18.2 Å². The Bertz CT molecular complexity index is 749. The SMILES string of the molecule is CNCc1cccc2c1ccn2Cc1cccnc1OC. The molecule has 2 aromatic heterocycles. The standard InChI is InChI=1S/C17H19N3O/c1-18-11-13-5-3-7-16-15(13)8-10-20(16)12-14-6-4-9-19-17(14)21-2/h3-10,18H,11-12H2,1-2H3. The Kier molecular flexibility index (Phi) is 3.88. The summed E-state index contributed by atoms with van der Waals surface area (Å²) in [6, 6.07) is 12.6. The zero-order valence-corrected chi connectivity index (χ0v) is 12.3. The van der Waals surface area contributed by atoms with Crippen LogP contribution >= 0.6 is 0 Å². The van der Waals surface area contributed by atoms with Crippen molar-refractivity contribution >= 4 is 10.9 Å². The summed E-state index contributed by atoms with van der Waals surface area (Å²) in [6.45, 7) is 1.63. The molecule has 108 valence electrons. The number of rotatable bonds is 5. The minimum absolute atomic E-state index is 0.686. The van der Waals surface area contributed by atoms with Crippen LogP contribution in [-0.2, 0) is 13.1 Å². The number of fused-ring (bicyclic) bond motifs is 1. The van der Waals surface area contributed by atoms with Crippen LogP contribution in [0.3, 0.4) is 0 Å². The van der Waals surface area contributed by atoms with Gasteiger partial charge in [-0.25, -0.2) is 4.98 Å². The van der Waals surface area contributed by atoms with Crippen molar-refractivity contribution in [2.24, 2.45) is 0 Å². The predicted octanol–water partition coefficient (Wildman–Crippen LogP) is 2.81. The second-order valence-electron chi connectivity index (χ2n) is 5.00. The van der Waals surface area contributed by atoms with Gasteiger partial charge in [0.2, 0.25) is 5.88 Å². The van der Waals surface area contributed by atoms with Crippen molar-refractivity contribution in [1.29, 1.82) is 0 Å². The van der Waals surface area contributed by atoms with E-state index in [1.807, 2.05) is 13.1 Å². The fourth-order valence-electron chi connectivity index (χ4n) is 2.68. The quantitative estimate of drug-likeness (QED) is 0.781. The number of aromatic nitrogens is 2. The number of ether oxygens (including phenoxy) is 1. The van der Waals surface area contributed by atoms with Gasteiger partial charge < -0.3 is 14.6 Å². The fraction of sp³-hybridized carbons (Fsp3) is 0.235. The summed E-state index contributed by atoms with van der Waals surface area (Å²) in [4.78, 5) is 4.26. The fourth-order valence-corrected chi connectivity index (χ4v) is 2.68. The number of benzene rings is 1. The van der Waals surface area contributed by atoms with Crippen molar-refractivity contribution in [1.82, 2.24) is 14.9 Å². The van der Waals surface area contributed by atoms with Gasteiger partial charge in [0, 0.05) is 35.4 Å². The molecule has 0 aliphatic heterocycles. The van der Waals surface area contributed by atoms with E-state index in [4.69, 9.17) is 4.74 Å². The van der Waals surface area contributed by atoms with E-state index >= 15 is 0 Å². The first-order chi connectivity index (χ1) is 10.3. The molecule has 3 rings (SSSR count). The molecule has 0 spiro atoms. The molecule has 0 aliphatic carbocycles. The van der Waals surface area contributed by atoms with Crippen molar-refractivity contribution in [2.75, 3.05) is 14.2 Å². The molecule has 0 aliphatic rings. The van der Waals surface area contributed by atoms with Gasteiger partial charge in [-0.3, -0.25) is 0 Å². The average molecular weight is 281 g/mol. The lowest BCUT2D eigenvalue weighted by Crippen LogP contribution is -2.05. The van der Waals surface area contributed by atoms with Crippen LogP contribution in [0.5, 0.6) is 5.88 Å². The highest BCUT2D eigenvalue weighted by Crippen LogP contribution is 2.23. The maximum absolute atomic E-state index is 5.33. The van der Waals surface area contributed by atoms with E-state index in [1.165, 1.54) is 16.5 Å². The summed E-state index contributed by atoms with van der Waals surface area (Å²) in [6.07, 6.45) is 3.87. The maximum atomic E-state index is 5.33. The maximum Gasteiger partial charge on any atom is 0.218 e. The van der Waals surface area contributed by atoms with Gasteiger partial charge in [0.25, 0.3) is 0 Å². The second kappa shape index (κ2) is 5.97. The second-order valence-corrected chi connectivity index (χ2v) is 5.00. The monoisotopic (exact) mass is 281 g/mol. The predicted molar refractivity (Wildman–Crippen MR) is 84.6 cm³/mol. The first-order valence-corrected chi connectivity index (χ1v) is 7.02. The van der Waals surface area contributed by atoms with Crippen LogP contribution in [0, 0.1) is 0 Å². The van der Waals surface area contributed by atoms with Crippen molar-refractivity contribution in [3.8, 4) is 5.88 Å². The van der Waals surface area contributed by atoms with Crippen molar-refractivity contribution in [3.63, 3.8) is 0 Å². The van der Waals surface area contributed by atoms with Crippen LogP contribution in [0.2, 0.25) is 0 Å². The number of nitrogens with zero attached hydrogens (tertiary/aromatic N) is 2. The highest BCUT2D eigenvalue weighted by molar-refractivity contribution is 5.83. The summed E-state index contributed by atoms with van der Waals surface area (Å²) < 4.78 is 7.56. The van der Waals surface area contributed by atoms with E-state index in [2.05, 4.69) is 51.4 Å². The third-order valence-corrected chi connectivity index (χ3v) is 3.66. The highest BCUT2D eigenvalue weighted by Gasteiger charge is 2.08. The summed E-state index contributed by atoms with van der Waals surface area (Å²) in [5.74, 6) is 0.686. The summed E-state index contributed by atoms with van der Waals surface area (Å²) in [5, 5.41) is 4.50. The minimum Gasteiger partial charge on any atom is -0.481 e. The number of hydrogen-bond acceptors (Lipinski definition) is 3. The molecule has 0 unspecified atom stereocenters. The molecule has 4 nitrogen and oxygen atoms in total.